The molecule has 0 aromatic carbocycles. The van der Waals surface area contributed by atoms with E-state index in [4.69, 9.17) is 10.5 Å². The Morgan fingerprint density at radius 1 is 1.50 bits per heavy atom. The van der Waals surface area contributed by atoms with E-state index in [0.717, 1.165) is 18.5 Å². The zero-order valence-electron chi connectivity index (χ0n) is 11.6. The molecule has 1 aliphatic carbocycles. The Kier molecular flexibility index (Phi) is 3.48. The largest absolute Gasteiger partial charge is 0.396 e. The van der Waals surface area contributed by atoms with E-state index in [1.165, 1.54) is 0 Å². The summed E-state index contributed by atoms with van der Waals surface area (Å²) >= 11 is 0. The van der Waals surface area contributed by atoms with Crippen molar-refractivity contribution in [1.29, 1.82) is 0 Å². The lowest BCUT2D eigenvalue weighted by molar-refractivity contribution is -0.124. The molecule has 1 aliphatic heterocycles. The maximum Gasteiger partial charge on any atom is 0.245 e. The quantitative estimate of drug-likeness (QED) is 0.838. The van der Waals surface area contributed by atoms with E-state index in [2.05, 4.69) is 10.3 Å². The van der Waals surface area contributed by atoms with Gasteiger partial charge in [0.1, 0.15) is 6.04 Å². The average molecular weight is 276 g/mol. The van der Waals surface area contributed by atoms with Crippen LogP contribution in [0.5, 0.6) is 0 Å². The fraction of sp³-hybridized carbons (Fsp3) is 0.571. The van der Waals surface area contributed by atoms with Crippen LogP contribution in [0.25, 0.3) is 0 Å². The zero-order valence-corrected chi connectivity index (χ0v) is 11.6. The van der Waals surface area contributed by atoms with E-state index in [9.17, 15) is 4.79 Å². The normalized spacial score (nSPS) is 22.6. The molecule has 1 saturated carbocycles. The van der Waals surface area contributed by atoms with Crippen LogP contribution < -0.4 is 16.0 Å². The van der Waals surface area contributed by atoms with Crippen LogP contribution in [0, 0.1) is 6.92 Å². The zero-order chi connectivity index (χ0) is 14.1. The molecule has 0 bridgehead atoms. The molecule has 1 amide bonds. The molecule has 0 radical (unpaired) electrons. The van der Waals surface area contributed by atoms with Crippen molar-refractivity contribution in [2.24, 2.45) is 0 Å². The van der Waals surface area contributed by atoms with Crippen molar-refractivity contribution in [1.82, 2.24) is 10.3 Å². The Hall–Kier alpha value is -1.82. The van der Waals surface area contributed by atoms with Crippen molar-refractivity contribution in [2.45, 2.75) is 31.8 Å². The summed E-state index contributed by atoms with van der Waals surface area (Å²) in [5.41, 5.74) is 7.51. The number of nitrogens with one attached hydrogen (secondary N) is 1. The molecule has 2 heterocycles. The minimum Gasteiger partial charge on any atom is -0.396 e. The predicted molar refractivity (Wildman–Crippen MR) is 76.5 cm³/mol. The van der Waals surface area contributed by atoms with Crippen molar-refractivity contribution < 1.29 is 9.53 Å². The summed E-state index contributed by atoms with van der Waals surface area (Å²) in [5.74, 6) is 0.694. The van der Waals surface area contributed by atoms with Gasteiger partial charge in [0.25, 0.3) is 0 Å². The number of carbonyl (C=O) groups excluding carboxylic acids is 1. The topological polar surface area (TPSA) is 80.5 Å². The number of nitrogens with zero attached hydrogens (tertiary/aromatic N) is 2. The Bertz CT molecular complexity index is 516. The number of pyridine rings is 1. The Balaban J connectivity index is 1.83. The van der Waals surface area contributed by atoms with Crippen LogP contribution in [0.4, 0.5) is 11.5 Å². The summed E-state index contributed by atoms with van der Waals surface area (Å²) in [5, 5.41) is 3.03. The summed E-state index contributed by atoms with van der Waals surface area (Å²) < 4.78 is 5.46. The fourth-order valence-electron chi connectivity index (χ4n) is 2.38. The first-order chi connectivity index (χ1) is 9.65. The summed E-state index contributed by atoms with van der Waals surface area (Å²) in [6.07, 6.45) is 2.15. The van der Waals surface area contributed by atoms with Gasteiger partial charge in [-0.3, -0.25) is 4.79 Å². The number of amides is 1. The SMILES string of the molecule is Cc1ccc(N)c(N2CCOCC2C(=O)NC2CC2)n1. The van der Waals surface area contributed by atoms with E-state index in [1.54, 1.807) is 0 Å². The molecule has 1 saturated heterocycles. The van der Waals surface area contributed by atoms with Crippen LogP contribution in [0.1, 0.15) is 18.5 Å². The molecule has 1 unspecified atom stereocenters. The molecular formula is C14H20N4O2. The molecule has 2 aliphatic rings. The number of aryl methyl sites for hydroxylation is 1. The summed E-state index contributed by atoms with van der Waals surface area (Å²) in [6, 6.07) is 3.71. The van der Waals surface area contributed by atoms with Crippen LogP contribution in [-0.2, 0) is 9.53 Å². The van der Waals surface area contributed by atoms with E-state index < -0.39 is 0 Å². The number of ether oxygens (including phenoxy) is 1. The smallest absolute Gasteiger partial charge is 0.245 e. The van der Waals surface area contributed by atoms with Crippen LogP contribution in [0.3, 0.4) is 0 Å². The Morgan fingerprint density at radius 2 is 2.30 bits per heavy atom. The van der Waals surface area contributed by atoms with Gasteiger partial charge in [-0.1, -0.05) is 0 Å². The Morgan fingerprint density at radius 3 is 3.05 bits per heavy atom. The van der Waals surface area contributed by atoms with Crippen molar-refractivity contribution >= 4 is 17.4 Å². The first-order valence-corrected chi connectivity index (χ1v) is 7.03. The van der Waals surface area contributed by atoms with Crippen LogP contribution in [-0.4, -0.2) is 42.7 Å². The number of carbonyl (C=O) groups is 1. The maximum atomic E-state index is 12.3. The highest BCUT2D eigenvalue weighted by Crippen LogP contribution is 2.25. The van der Waals surface area contributed by atoms with Crippen molar-refractivity contribution in [3.63, 3.8) is 0 Å². The van der Waals surface area contributed by atoms with Gasteiger partial charge in [-0.25, -0.2) is 4.98 Å². The minimum atomic E-state index is -0.346. The van der Waals surface area contributed by atoms with Crippen molar-refractivity contribution in [3.8, 4) is 0 Å². The minimum absolute atomic E-state index is 0.00917. The second kappa shape index (κ2) is 5.28. The number of aromatic nitrogens is 1. The lowest BCUT2D eigenvalue weighted by Crippen LogP contribution is -2.54. The average Bonchev–Trinajstić information content (AvgIpc) is 3.25. The number of rotatable bonds is 3. The highest BCUT2D eigenvalue weighted by atomic mass is 16.5. The van der Waals surface area contributed by atoms with Gasteiger partial charge in [-0.2, -0.15) is 0 Å². The number of nitrogen functional groups attached to an aromatic ring is 1. The second-order valence-electron chi connectivity index (χ2n) is 5.43. The lowest BCUT2D eigenvalue weighted by atomic mass is 10.2. The standard InChI is InChI=1S/C14H20N4O2/c1-9-2-5-11(15)13(16-9)18-6-7-20-8-12(18)14(19)17-10-3-4-10/h2,5,10,12H,3-4,6-8,15H2,1H3,(H,17,19). The fourth-order valence-corrected chi connectivity index (χ4v) is 2.38. The number of hydrogen-bond acceptors (Lipinski definition) is 5. The number of morpholine rings is 1. The number of nitrogens with two attached hydrogens (primary N) is 1. The molecule has 1 aromatic rings. The van der Waals surface area contributed by atoms with Crippen LogP contribution in [0.2, 0.25) is 0 Å². The predicted octanol–water partition coefficient (Wildman–Crippen LogP) is 0.456. The summed E-state index contributed by atoms with van der Waals surface area (Å²) in [7, 11) is 0. The lowest BCUT2D eigenvalue weighted by Gasteiger charge is -2.36. The second-order valence-corrected chi connectivity index (χ2v) is 5.43. The van der Waals surface area contributed by atoms with E-state index in [-0.39, 0.29) is 11.9 Å². The van der Waals surface area contributed by atoms with Crippen molar-refractivity contribution in [2.75, 3.05) is 30.4 Å². The summed E-state index contributed by atoms with van der Waals surface area (Å²) in [4.78, 5) is 18.8. The van der Waals surface area contributed by atoms with Gasteiger partial charge in [0.15, 0.2) is 5.82 Å². The third-order valence-corrected chi connectivity index (χ3v) is 3.67. The third-order valence-electron chi connectivity index (χ3n) is 3.67. The molecule has 3 rings (SSSR count). The van der Waals surface area contributed by atoms with E-state index in [0.29, 0.717) is 37.3 Å². The number of anilines is 2. The molecule has 3 N–H and O–H groups in total. The molecule has 108 valence electrons. The highest BCUT2D eigenvalue weighted by molar-refractivity contribution is 5.87. The van der Waals surface area contributed by atoms with Crippen LogP contribution >= 0.6 is 0 Å². The Labute approximate surface area is 118 Å². The van der Waals surface area contributed by atoms with Gasteiger partial charge in [0, 0.05) is 18.3 Å². The van der Waals surface area contributed by atoms with Gasteiger partial charge in [-0.05, 0) is 31.9 Å². The summed E-state index contributed by atoms with van der Waals surface area (Å²) in [6.45, 7) is 3.52. The maximum absolute atomic E-state index is 12.3. The number of hydrogen-bond donors (Lipinski definition) is 2. The van der Waals surface area contributed by atoms with Gasteiger partial charge in [-0.15, -0.1) is 0 Å². The first kappa shape index (κ1) is 13.2. The molecule has 20 heavy (non-hydrogen) atoms. The van der Waals surface area contributed by atoms with Gasteiger partial charge in [0.2, 0.25) is 5.91 Å². The van der Waals surface area contributed by atoms with E-state index in [1.807, 2.05) is 24.0 Å². The molecule has 6 heteroatoms. The first-order valence-electron chi connectivity index (χ1n) is 7.03. The molecule has 0 spiro atoms. The van der Waals surface area contributed by atoms with Gasteiger partial charge in [0.05, 0.1) is 18.9 Å². The van der Waals surface area contributed by atoms with Gasteiger partial charge >= 0.3 is 0 Å². The van der Waals surface area contributed by atoms with Crippen molar-refractivity contribution in [3.05, 3.63) is 17.8 Å². The highest BCUT2D eigenvalue weighted by Gasteiger charge is 2.34. The monoisotopic (exact) mass is 276 g/mol. The molecule has 2 fully saturated rings. The van der Waals surface area contributed by atoms with Crippen LogP contribution in [0.15, 0.2) is 12.1 Å². The van der Waals surface area contributed by atoms with E-state index >= 15 is 0 Å². The third kappa shape index (κ3) is 2.70. The van der Waals surface area contributed by atoms with Gasteiger partial charge < -0.3 is 20.7 Å². The molecular weight excluding hydrogens is 256 g/mol. The molecule has 1 atom stereocenters. The molecule has 1 aromatic heterocycles. The molecule has 6 nitrogen and oxygen atoms in total.